The van der Waals surface area contributed by atoms with E-state index in [4.69, 9.17) is 5.11 Å². The number of rotatable bonds is 4. The first-order chi connectivity index (χ1) is 8.95. The summed E-state index contributed by atoms with van der Waals surface area (Å²) in [7, 11) is -3.57. The molecule has 0 aliphatic heterocycles. The van der Waals surface area contributed by atoms with Gasteiger partial charge in [-0.15, -0.1) is 11.3 Å². The zero-order valence-corrected chi connectivity index (χ0v) is 11.8. The van der Waals surface area contributed by atoms with E-state index in [0.717, 1.165) is 30.6 Å². The Labute approximate surface area is 115 Å². The number of fused-ring (bicyclic) bond motifs is 2. The average molecular weight is 301 g/mol. The van der Waals surface area contributed by atoms with Gasteiger partial charge in [0.1, 0.15) is 9.09 Å². The molecule has 19 heavy (non-hydrogen) atoms. The highest BCUT2D eigenvalue weighted by Gasteiger charge is 2.41. The van der Waals surface area contributed by atoms with E-state index in [1.807, 2.05) is 0 Å². The van der Waals surface area contributed by atoms with Crippen molar-refractivity contribution in [2.24, 2.45) is 11.8 Å². The summed E-state index contributed by atoms with van der Waals surface area (Å²) in [6.07, 6.45) is 4.35. The van der Waals surface area contributed by atoms with Crippen LogP contribution in [0.4, 0.5) is 0 Å². The Bertz CT molecular complexity index is 607. The van der Waals surface area contributed by atoms with Crippen LogP contribution >= 0.6 is 11.3 Å². The first-order valence-electron chi connectivity index (χ1n) is 6.31. The van der Waals surface area contributed by atoms with Crippen molar-refractivity contribution in [3.63, 3.8) is 0 Å². The zero-order valence-electron chi connectivity index (χ0n) is 10.2. The van der Waals surface area contributed by atoms with E-state index in [1.54, 1.807) is 0 Å². The molecule has 2 bridgehead atoms. The summed E-state index contributed by atoms with van der Waals surface area (Å²) in [5.74, 6) is 0.0284. The number of hydrogen-bond acceptors (Lipinski definition) is 4. The van der Waals surface area contributed by atoms with Gasteiger partial charge < -0.3 is 5.11 Å². The SMILES string of the molecule is O=C(O)c1ccc(S(=O)(=O)NC2CC3CCC2C3)s1. The summed E-state index contributed by atoms with van der Waals surface area (Å²) >= 11 is 0.801. The summed E-state index contributed by atoms with van der Waals surface area (Å²) in [4.78, 5) is 10.8. The van der Waals surface area contributed by atoms with Crippen LogP contribution in [0, 0.1) is 11.8 Å². The predicted molar refractivity (Wildman–Crippen MR) is 70.8 cm³/mol. The lowest BCUT2D eigenvalue weighted by molar-refractivity contribution is 0.0702. The van der Waals surface area contributed by atoms with E-state index in [1.165, 1.54) is 18.6 Å². The third kappa shape index (κ3) is 2.42. The maximum absolute atomic E-state index is 12.2. The van der Waals surface area contributed by atoms with E-state index in [-0.39, 0.29) is 15.1 Å². The third-order valence-electron chi connectivity index (χ3n) is 4.10. The number of carboxylic acid groups (broad SMARTS) is 1. The lowest BCUT2D eigenvalue weighted by atomic mass is 9.96. The first-order valence-corrected chi connectivity index (χ1v) is 8.61. The number of hydrogen-bond donors (Lipinski definition) is 2. The largest absolute Gasteiger partial charge is 0.477 e. The lowest BCUT2D eigenvalue weighted by Gasteiger charge is -2.22. The Kier molecular flexibility index (Phi) is 3.15. The van der Waals surface area contributed by atoms with Crippen molar-refractivity contribution in [2.75, 3.05) is 0 Å². The summed E-state index contributed by atoms with van der Waals surface area (Å²) in [5.41, 5.74) is 0. The molecule has 7 heteroatoms. The van der Waals surface area contributed by atoms with Crippen molar-refractivity contribution in [2.45, 2.75) is 35.9 Å². The fourth-order valence-electron chi connectivity index (χ4n) is 3.23. The van der Waals surface area contributed by atoms with Crippen molar-refractivity contribution in [3.8, 4) is 0 Å². The number of sulfonamides is 1. The standard InChI is InChI=1S/C12H15NO4S2/c14-12(15)10-3-4-11(18-10)19(16,17)13-9-6-7-1-2-8(9)5-7/h3-4,7-9,13H,1-2,5-6H2,(H,14,15). The third-order valence-corrected chi connectivity index (χ3v) is 7.16. The molecule has 0 amide bonds. The van der Waals surface area contributed by atoms with Crippen LogP contribution in [0.1, 0.15) is 35.4 Å². The lowest BCUT2D eigenvalue weighted by Crippen LogP contribution is -2.38. The van der Waals surface area contributed by atoms with Gasteiger partial charge in [-0.3, -0.25) is 0 Å². The molecule has 3 atom stereocenters. The molecule has 0 aromatic carbocycles. The quantitative estimate of drug-likeness (QED) is 0.890. The minimum Gasteiger partial charge on any atom is -0.477 e. The molecule has 2 fully saturated rings. The van der Waals surface area contributed by atoms with Crippen LogP contribution in [0.25, 0.3) is 0 Å². The summed E-state index contributed by atoms with van der Waals surface area (Å²) in [6, 6.07) is 2.73. The van der Waals surface area contributed by atoms with E-state index >= 15 is 0 Å². The van der Waals surface area contributed by atoms with E-state index in [9.17, 15) is 13.2 Å². The highest BCUT2D eigenvalue weighted by molar-refractivity contribution is 7.91. The second kappa shape index (κ2) is 4.57. The van der Waals surface area contributed by atoms with E-state index in [2.05, 4.69) is 4.72 Å². The van der Waals surface area contributed by atoms with Crippen LogP contribution in [0.2, 0.25) is 0 Å². The second-order valence-electron chi connectivity index (χ2n) is 5.33. The highest BCUT2D eigenvalue weighted by Crippen LogP contribution is 2.44. The fourth-order valence-corrected chi connectivity index (χ4v) is 5.71. The van der Waals surface area contributed by atoms with Gasteiger partial charge in [-0.2, -0.15) is 0 Å². The Morgan fingerprint density at radius 2 is 2.11 bits per heavy atom. The molecular formula is C12H15NO4S2. The smallest absolute Gasteiger partial charge is 0.345 e. The Balaban J connectivity index is 1.77. The molecule has 1 aromatic rings. The maximum Gasteiger partial charge on any atom is 0.345 e. The molecule has 2 aliphatic carbocycles. The van der Waals surface area contributed by atoms with Crippen molar-refractivity contribution >= 4 is 27.3 Å². The number of carbonyl (C=O) groups is 1. The predicted octanol–water partition coefficient (Wildman–Crippen LogP) is 1.91. The summed E-state index contributed by atoms with van der Waals surface area (Å²) < 4.78 is 27.2. The van der Waals surface area contributed by atoms with Gasteiger partial charge in [-0.25, -0.2) is 17.9 Å². The first kappa shape index (κ1) is 13.1. The van der Waals surface area contributed by atoms with Gasteiger partial charge in [0.15, 0.2) is 0 Å². The van der Waals surface area contributed by atoms with Crippen molar-refractivity contribution in [1.82, 2.24) is 4.72 Å². The molecular weight excluding hydrogens is 286 g/mol. The Morgan fingerprint density at radius 3 is 2.63 bits per heavy atom. The highest BCUT2D eigenvalue weighted by atomic mass is 32.2. The van der Waals surface area contributed by atoms with Gasteiger partial charge >= 0.3 is 5.97 Å². The zero-order chi connectivity index (χ0) is 13.6. The molecule has 104 valence electrons. The van der Waals surface area contributed by atoms with E-state index < -0.39 is 16.0 Å². The maximum atomic E-state index is 12.2. The van der Waals surface area contributed by atoms with Gasteiger partial charge in [0, 0.05) is 6.04 Å². The average Bonchev–Trinajstić information content (AvgIpc) is 3.04. The number of carboxylic acids is 1. The Hall–Kier alpha value is -0.920. The van der Waals surface area contributed by atoms with E-state index in [0.29, 0.717) is 11.8 Å². The molecule has 0 saturated heterocycles. The van der Waals surface area contributed by atoms with Crippen LogP contribution in [-0.4, -0.2) is 25.5 Å². The van der Waals surface area contributed by atoms with Crippen LogP contribution in [0.3, 0.4) is 0 Å². The Morgan fingerprint density at radius 1 is 1.32 bits per heavy atom. The summed E-state index contributed by atoms with van der Waals surface area (Å²) in [5, 5.41) is 8.83. The molecule has 3 unspecified atom stereocenters. The molecule has 2 N–H and O–H groups in total. The number of thiophene rings is 1. The molecule has 5 nitrogen and oxygen atoms in total. The molecule has 2 aliphatic rings. The van der Waals surface area contributed by atoms with Gasteiger partial charge in [0.25, 0.3) is 0 Å². The van der Waals surface area contributed by atoms with Crippen molar-refractivity contribution in [3.05, 3.63) is 17.0 Å². The van der Waals surface area contributed by atoms with Crippen LogP contribution in [0.15, 0.2) is 16.3 Å². The van der Waals surface area contributed by atoms with Gasteiger partial charge in [0.05, 0.1) is 0 Å². The fraction of sp³-hybridized carbons (Fsp3) is 0.583. The topological polar surface area (TPSA) is 83.5 Å². The monoisotopic (exact) mass is 301 g/mol. The van der Waals surface area contributed by atoms with Crippen molar-refractivity contribution < 1.29 is 18.3 Å². The molecule has 1 heterocycles. The number of aromatic carboxylic acids is 1. The molecule has 0 spiro atoms. The number of nitrogens with one attached hydrogen (secondary N) is 1. The minimum atomic E-state index is -3.57. The van der Waals surface area contributed by atoms with Crippen LogP contribution in [-0.2, 0) is 10.0 Å². The van der Waals surface area contributed by atoms with Crippen LogP contribution in [0.5, 0.6) is 0 Å². The molecule has 1 aromatic heterocycles. The van der Waals surface area contributed by atoms with Crippen LogP contribution < -0.4 is 4.72 Å². The molecule has 0 radical (unpaired) electrons. The normalized spacial score (nSPS) is 29.8. The van der Waals surface area contributed by atoms with Gasteiger partial charge in [0.2, 0.25) is 10.0 Å². The second-order valence-corrected chi connectivity index (χ2v) is 8.35. The molecule has 2 saturated carbocycles. The molecule has 3 rings (SSSR count). The van der Waals surface area contributed by atoms with Crippen molar-refractivity contribution in [1.29, 1.82) is 0 Å². The van der Waals surface area contributed by atoms with Gasteiger partial charge in [-0.1, -0.05) is 6.42 Å². The minimum absolute atomic E-state index is 0.0270. The summed E-state index contributed by atoms with van der Waals surface area (Å²) in [6.45, 7) is 0. The van der Waals surface area contributed by atoms with Gasteiger partial charge in [-0.05, 0) is 43.2 Å².